The van der Waals surface area contributed by atoms with Crippen molar-refractivity contribution in [3.8, 4) is 0 Å². The van der Waals surface area contributed by atoms with Crippen LogP contribution < -0.4 is 10.6 Å². The summed E-state index contributed by atoms with van der Waals surface area (Å²) in [4.78, 5) is 23.0. The van der Waals surface area contributed by atoms with Crippen LogP contribution >= 0.6 is 0 Å². The second-order valence-corrected chi connectivity index (χ2v) is 4.19. The highest BCUT2D eigenvalue weighted by Crippen LogP contribution is 2.09. The number of carbonyl (C=O) groups is 2. The number of amides is 2. The second kappa shape index (κ2) is 6.59. The Labute approximate surface area is 107 Å². The molecule has 0 saturated carbocycles. The van der Waals surface area contributed by atoms with E-state index in [1.807, 2.05) is 13.8 Å². The summed E-state index contributed by atoms with van der Waals surface area (Å²) in [5, 5.41) is 5.49. The molecule has 2 amide bonds. The van der Waals surface area contributed by atoms with E-state index in [4.69, 9.17) is 0 Å². The molecule has 0 fully saturated rings. The molecule has 0 aliphatic carbocycles. The molecule has 0 heterocycles. The Balaban J connectivity index is 2.68. The van der Waals surface area contributed by atoms with Crippen molar-refractivity contribution in [1.82, 2.24) is 5.32 Å². The van der Waals surface area contributed by atoms with Gasteiger partial charge in [0, 0.05) is 17.3 Å². The summed E-state index contributed by atoms with van der Waals surface area (Å²) in [5.41, 5.74) is 1.24. The van der Waals surface area contributed by atoms with Gasteiger partial charge in [0.2, 0.25) is 5.91 Å². The molecule has 0 spiro atoms. The van der Waals surface area contributed by atoms with Gasteiger partial charge in [-0.3, -0.25) is 9.59 Å². The normalized spacial score (nSPS) is 10.7. The summed E-state index contributed by atoms with van der Waals surface area (Å²) in [6.45, 7) is 5.59. The van der Waals surface area contributed by atoms with E-state index in [1.165, 1.54) is 6.08 Å². The predicted octanol–water partition coefficient (Wildman–Crippen LogP) is 2.34. The third-order valence-electron chi connectivity index (χ3n) is 2.15. The van der Waals surface area contributed by atoms with Gasteiger partial charge in [0.05, 0.1) is 0 Å². The lowest BCUT2D eigenvalue weighted by atomic mass is 10.2. The summed E-state index contributed by atoms with van der Waals surface area (Å²) < 4.78 is 0. The molecule has 0 aliphatic rings. The van der Waals surface area contributed by atoms with Crippen molar-refractivity contribution in [3.05, 3.63) is 42.0 Å². The zero-order valence-electron chi connectivity index (χ0n) is 10.9. The van der Waals surface area contributed by atoms with Crippen LogP contribution in [0.2, 0.25) is 0 Å². The number of hydrogen-bond acceptors (Lipinski definition) is 2. The SMILES string of the molecule is CC=CC(=O)Nc1ccc(C(=O)NC(C)C)cc1. The molecule has 1 rings (SSSR count). The van der Waals surface area contributed by atoms with E-state index in [1.54, 1.807) is 37.3 Å². The Morgan fingerprint density at radius 2 is 1.78 bits per heavy atom. The first-order valence-corrected chi connectivity index (χ1v) is 5.87. The molecular weight excluding hydrogens is 228 g/mol. The Morgan fingerprint density at radius 3 is 2.28 bits per heavy atom. The standard InChI is InChI=1S/C14H18N2O2/c1-4-5-13(17)16-12-8-6-11(7-9-12)14(18)15-10(2)3/h4-10H,1-3H3,(H,15,18)(H,16,17). The van der Waals surface area contributed by atoms with Crippen LogP contribution in [0.3, 0.4) is 0 Å². The number of anilines is 1. The number of allylic oxidation sites excluding steroid dienone is 1. The van der Waals surface area contributed by atoms with Crippen LogP contribution in [0.5, 0.6) is 0 Å². The number of carbonyl (C=O) groups excluding carboxylic acids is 2. The highest BCUT2D eigenvalue weighted by Gasteiger charge is 2.06. The Morgan fingerprint density at radius 1 is 1.17 bits per heavy atom. The fourth-order valence-corrected chi connectivity index (χ4v) is 1.39. The second-order valence-electron chi connectivity index (χ2n) is 4.19. The van der Waals surface area contributed by atoms with E-state index < -0.39 is 0 Å². The first-order chi connectivity index (χ1) is 8.52. The molecular formula is C14H18N2O2. The minimum absolute atomic E-state index is 0.103. The Kier molecular flexibility index (Phi) is 5.11. The van der Waals surface area contributed by atoms with Gasteiger partial charge >= 0.3 is 0 Å². The van der Waals surface area contributed by atoms with Crippen molar-refractivity contribution in [2.24, 2.45) is 0 Å². The molecule has 0 radical (unpaired) electrons. The molecule has 18 heavy (non-hydrogen) atoms. The van der Waals surface area contributed by atoms with E-state index in [9.17, 15) is 9.59 Å². The van der Waals surface area contributed by atoms with Crippen LogP contribution in [0.1, 0.15) is 31.1 Å². The molecule has 0 aromatic heterocycles. The average Bonchev–Trinajstić information content (AvgIpc) is 2.29. The molecule has 0 saturated heterocycles. The topological polar surface area (TPSA) is 58.2 Å². The fourth-order valence-electron chi connectivity index (χ4n) is 1.39. The van der Waals surface area contributed by atoms with Gasteiger partial charge in [0.25, 0.3) is 5.91 Å². The number of hydrogen-bond donors (Lipinski definition) is 2. The molecule has 1 aromatic carbocycles. The summed E-state index contributed by atoms with van der Waals surface area (Å²) in [6.07, 6.45) is 3.11. The molecule has 0 aliphatic heterocycles. The maximum Gasteiger partial charge on any atom is 0.251 e. The molecule has 0 bridgehead atoms. The van der Waals surface area contributed by atoms with Gasteiger partial charge in [0.1, 0.15) is 0 Å². The van der Waals surface area contributed by atoms with Gasteiger partial charge in [0.15, 0.2) is 0 Å². The summed E-state index contributed by atoms with van der Waals surface area (Å²) >= 11 is 0. The van der Waals surface area contributed by atoms with E-state index in [0.29, 0.717) is 11.3 Å². The third-order valence-corrected chi connectivity index (χ3v) is 2.15. The lowest BCUT2D eigenvalue weighted by Gasteiger charge is -2.08. The summed E-state index contributed by atoms with van der Waals surface area (Å²) in [5.74, 6) is -0.298. The molecule has 4 nitrogen and oxygen atoms in total. The highest BCUT2D eigenvalue weighted by molar-refractivity contribution is 6.00. The number of nitrogens with one attached hydrogen (secondary N) is 2. The number of benzene rings is 1. The van der Waals surface area contributed by atoms with E-state index >= 15 is 0 Å². The zero-order valence-corrected chi connectivity index (χ0v) is 10.9. The molecule has 2 N–H and O–H groups in total. The largest absolute Gasteiger partial charge is 0.350 e. The van der Waals surface area contributed by atoms with E-state index in [2.05, 4.69) is 10.6 Å². The first-order valence-electron chi connectivity index (χ1n) is 5.87. The quantitative estimate of drug-likeness (QED) is 0.801. The number of rotatable bonds is 4. The van der Waals surface area contributed by atoms with E-state index in [-0.39, 0.29) is 17.9 Å². The molecule has 4 heteroatoms. The summed E-state index contributed by atoms with van der Waals surface area (Å²) in [7, 11) is 0. The third kappa shape index (κ3) is 4.41. The van der Waals surface area contributed by atoms with Crippen LogP contribution in [0.25, 0.3) is 0 Å². The van der Waals surface area contributed by atoms with Crippen molar-refractivity contribution in [3.63, 3.8) is 0 Å². The van der Waals surface area contributed by atoms with Crippen molar-refractivity contribution in [2.75, 3.05) is 5.32 Å². The van der Waals surface area contributed by atoms with Gasteiger partial charge in [-0.05, 0) is 51.1 Å². The van der Waals surface area contributed by atoms with Crippen molar-refractivity contribution < 1.29 is 9.59 Å². The monoisotopic (exact) mass is 246 g/mol. The van der Waals surface area contributed by atoms with Crippen LogP contribution in [-0.4, -0.2) is 17.9 Å². The van der Waals surface area contributed by atoms with Gasteiger partial charge in [-0.1, -0.05) is 6.08 Å². The van der Waals surface area contributed by atoms with Crippen molar-refractivity contribution in [2.45, 2.75) is 26.8 Å². The first kappa shape index (κ1) is 14.0. The maximum absolute atomic E-state index is 11.7. The minimum Gasteiger partial charge on any atom is -0.350 e. The average molecular weight is 246 g/mol. The molecule has 96 valence electrons. The lowest BCUT2D eigenvalue weighted by Crippen LogP contribution is -2.29. The van der Waals surface area contributed by atoms with Gasteiger partial charge < -0.3 is 10.6 Å². The van der Waals surface area contributed by atoms with Crippen molar-refractivity contribution in [1.29, 1.82) is 0 Å². The van der Waals surface area contributed by atoms with Crippen molar-refractivity contribution >= 4 is 17.5 Å². The predicted molar refractivity (Wildman–Crippen MR) is 72.5 cm³/mol. The molecule has 0 atom stereocenters. The Hall–Kier alpha value is -2.10. The lowest BCUT2D eigenvalue weighted by molar-refractivity contribution is -0.111. The van der Waals surface area contributed by atoms with Crippen LogP contribution in [-0.2, 0) is 4.79 Å². The molecule has 0 unspecified atom stereocenters. The zero-order chi connectivity index (χ0) is 13.5. The summed E-state index contributed by atoms with van der Waals surface area (Å²) in [6, 6.07) is 6.88. The van der Waals surface area contributed by atoms with Crippen LogP contribution in [0.4, 0.5) is 5.69 Å². The molecule has 1 aromatic rings. The van der Waals surface area contributed by atoms with Gasteiger partial charge in [-0.25, -0.2) is 0 Å². The smallest absolute Gasteiger partial charge is 0.251 e. The van der Waals surface area contributed by atoms with Crippen LogP contribution in [0, 0.1) is 0 Å². The maximum atomic E-state index is 11.7. The highest BCUT2D eigenvalue weighted by atomic mass is 16.2. The van der Waals surface area contributed by atoms with E-state index in [0.717, 1.165) is 0 Å². The Bertz CT molecular complexity index is 447. The van der Waals surface area contributed by atoms with Gasteiger partial charge in [-0.2, -0.15) is 0 Å². The minimum atomic E-state index is -0.183. The van der Waals surface area contributed by atoms with Crippen LogP contribution in [0.15, 0.2) is 36.4 Å². The fraction of sp³-hybridized carbons (Fsp3) is 0.286. The van der Waals surface area contributed by atoms with Gasteiger partial charge in [-0.15, -0.1) is 0 Å².